The summed E-state index contributed by atoms with van der Waals surface area (Å²) >= 11 is 0. The molecule has 7 nitrogen and oxygen atoms in total. The van der Waals surface area contributed by atoms with E-state index in [2.05, 4.69) is 0 Å². The standard InChI is InChI=1S/C18H13NO6/c1-2-24-18(21)15(11-7-9-12(10-8-11)19(22)23)16-13-5-3-4-6-14(13)17(20)25-16/h3-10H,2H2,1H3. The molecule has 1 aliphatic rings. The van der Waals surface area contributed by atoms with Crippen LogP contribution in [0.25, 0.3) is 11.3 Å². The van der Waals surface area contributed by atoms with Crippen LogP contribution in [0, 0.1) is 10.1 Å². The van der Waals surface area contributed by atoms with Crippen molar-refractivity contribution in [3.05, 3.63) is 75.3 Å². The molecule has 0 aromatic heterocycles. The molecule has 0 atom stereocenters. The highest BCUT2D eigenvalue weighted by Gasteiger charge is 2.32. The van der Waals surface area contributed by atoms with Gasteiger partial charge in [0.05, 0.1) is 17.1 Å². The van der Waals surface area contributed by atoms with E-state index in [1.54, 1.807) is 31.2 Å². The molecule has 0 spiro atoms. The van der Waals surface area contributed by atoms with Gasteiger partial charge < -0.3 is 9.47 Å². The van der Waals surface area contributed by atoms with Crippen molar-refractivity contribution in [1.29, 1.82) is 0 Å². The van der Waals surface area contributed by atoms with E-state index >= 15 is 0 Å². The number of cyclic esters (lactones) is 1. The van der Waals surface area contributed by atoms with Crippen LogP contribution in [0.15, 0.2) is 48.5 Å². The summed E-state index contributed by atoms with van der Waals surface area (Å²) in [5.74, 6) is -1.14. The van der Waals surface area contributed by atoms with Gasteiger partial charge in [-0.15, -0.1) is 0 Å². The molecule has 0 aliphatic carbocycles. The summed E-state index contributed by atoms with van der Waals surface area (Å²) in [6.45, 7) is 1.79. The molecule has 0 bridgehead atoms. The maximum absolute atomic E-state index is 12.5. The number of carbonyl (C=O) groups is 2. The number of non-ortho nitro benzene ring substituents is 1. The van der Waals surface area contributed by atoms with Crippen LogP contribution in [0.2, 0.25) is 0 Å². The van der Waals surface area contributed by atoms with Crippen LogP contribution in [0.1, 0.15) is 28.4 Å². The van der Waals surface area contributed by atoms with E-state index in [0.717, 1.165) is 0 Å². The third-order valence-corrected chi connectivity index (χ3v) is 3.66. The van der Waals surface area contributed by atoms with E-state index in [4.69, 9.17) is 9.47 Å². The zero-order valence-corrected chi connectivity index (χ0v) is 13.2. The Kier molecular flexibility index (Phi) is 4.30. The maximum Gasteiger partial charge on any atom is 0.344 e. The van der Waals surface area contributed by atoms with Crippen LogP contribution in [0.3, 0.4) is 0 Å². The van der Waals surface area contributed by atoms with Gasteiger partial charge in [0.15, 0.2) is 5.76 Å². The number of nitro benzene ring substituents is 1. The predicted octanol–water partition coefficient (Wildman–Crippen LogP) is 3.20. The minimum atomic E-state index is -0.671. The smallest absolute Gasteiger partial charge is 0.344 e. The molecular weight excluding hydrogens is 326 g/mol. The molecule has 2 aromatic rings. The Bertz CT molecular complexity index is 898. The lowest BCUT2D eigenvalue weighted by Gasteiger charge is -2.10. The van der Waals surface area contributed by atoms with E-state index in [9.17, 15) is 19.7 Å². The Hall–Kier alpha value is -3.48. The van der Waals surface area contributed by atoms with Crippen LogP contribution in [0.4, 0.5) is 5.69 Å². The first kappa shape index (κ1) is 16.4. The van der Waals surface area contributed by atoms with Gasteiger partial charge in [-0.1, -0.05) is 18.2 Å². The minimum Gasteiger partial charge on any atom is -0.462 e. The fourth-order valence-corrected chi connectivity index (χ4v) is 2.54. The van der Waals surface area contributed by atoms with Crippen molar-refractivity contribution in [2.24, 2.45) is 0 Å². The molecule has 0 amide bonds. The highest BCUT2D eigenvalue weighted by atomic mass is 16.6. The number of esters is 2. The number of hydrogen-bond acceptors (Lipinski definition) is 6. The van der Waals surface area contributed by atoms with E-state index in [1.807, 2.05) is 0 Å². The van der Waals surface area contributed by atoms with Gasteiger partial charge in [0.1, 0.15) is 5.57 Å². The third-order valence-electron chi connectivity index (χ3n) is 3.66. The van der Waals surface area contributed by atoms with E-state index in [0.29, 0.717) is 16.7 Å². The first-order chi connectivity index (χ1) is 12.0. The monoisotopic (exact) mass is 339 g/mol. The van der Waals surface area contributed by atoms with Crippen molar-refractivity contribution in [3.8, 4) is 0 Å². The molecule has 0 unspecified atom stereocenters. The average Bonchev–Trinajstić information content (AvgIpc) is 2.93. The molecule has 0 radical (unpaired) electrons. The van der Waals surface area contributed by atoms with Crippen LogP contribution in [-0.4, -0.2) is 23.5 Å². The first-order valence-electron chi connectivity index (χ1n) is 7.50. The van der Waals surface area contributed by atoms with Gasteiger partial charge >= 0.3 is 11.9 Å². The van der Waals surface area contributed by atoms with E-state index in [-0.39, 0.29) is 23.6 Å². The summed E-state index contributed by atoms with van der Waals surface area (Å²) < 4.78 is 10.4. The van der Waals surface area contributed by atoms with Crippen LogP contribution in [0.5, 0.6) is 0 Å². The summed E-state index contributed by atoms with van der Waals surface area (Å²) in [5, 5.41) is 10.8. The van der Waals surface area contributed by atoms with Gasteiger partial charge in [0.25, 0.3) is 5.69 Å². The first-order valence-corrected chi connectivity index (χ1v) is 7.50. The summed E-state index contributed by atoms with van der Waals surface area (Å²) in [7, 11) is 0. The molecule has 0 fully saturated rings. The molecule has 2 aromatic carbocycles. The highest BCUT2D eigenvalue weighted by molar-refractivity contribution is 6.26. The van der Waals surface area contributed by atoms with Gasteiger partial charge in [0, 0.05) is 17.7 Å². The zero-order valence-electron chi connectivity index (χ0n) is 13.2. The van der Waals surface area contributed by atoms with Crippen LogP contribution >= 0.6 is 0 Å². The number of nitrogens with zero attached hydrogens (tertiary/aromatic N) is 1. The Morgan fingerprint density at radius 1 is 1.12 bits per heavy atom. The number of fused-ring (bicyclic) bond motifs is 1. The zero-order chi connectivity index (χ0) is 18.0. The molecule has 1 aliphatic heterocycles. The predicted molar refractivity (Wildman–Crippen MR) is 88.4 cm³/mol. The van der Waals surface area contributed by atoms with Crippen LogP contribution < -0.4 is 0 Å². The largest absolute Gasteiger partial charge is 0.462 e. The number of carbonyl (C=O) groups excluding carboxylic acids is 2. The third kappa shape index (κ3) is 2.99. The van der Waals surface area contributed by atoms with Crippen molar-refractivity contribution < 1.29 is 24.0 Å². The number of hydrogen-bond donors (Lipinski definition) is 0. The summed E-state index contributed by atoms with van der Waals surface area (Å²) in [5.41, 5.74) is 1.13. The number of rotatable bonds is 4. The topological polar surface area (TPSA) is 95.7 Å². The molecular formula is C18H13NO6. The van der Waals surface area contributed by atoms with E-state index < -0.39 is 16.9 Å². The Morgan fingerprint density at radius 2 is 1.76 bits per heavy atom. The Morgan fingerprint density at radius 3 is 2.36 bits per heavy atom. The molecule has 25 heavy (non-hydrogen) atoms. The molecule has 0 N–H and O–H groups in total. The van der Waals surface area contributed by atoms with Crippen molar-refractivity contribution in [2.45, 2.75) is 6.92 Å². The molecule has 1 heterocycles. The Labute approximate surface area is 142 Å². The second-order valence-electron chi connectivity index (χ2n) is 5.16. The van der Waals surface area contributed by atoms with Crippen molar-refractivity contribution in [2.75, 3.05) is 6.61 Å². The Balaban J connectivity index is 2.18. The molecule has 0 saturated heterocycles. The maximum atomic E-state index is 12.5. The fourth-order valence-electron chi connectivity index (χ4n) is 2.54. The normalized spacial score (nSPS) is 14.5. The van der Waals surface area contributed by atoms with Gasteiger partial charge in [-0.2, -0.15) is 0 Å². The molecule has 3 rings (SSSR count). The van der Waals surface area contributed by atoms with Gasteiger partial charge in [-0.25, -0.2) is 9.59 Å². The van der Waals surface area contributed by atoms with Crippen molar-refractivity contribution >= 4 is 29.0 Å². The lowest BCUT2D eigenvalue weighted by atomic mass is 9.99. The van der Waals surface area contributed by atoms with Gasteiger partial charge in [0.2, 0.25) is 0 Å². The molecule has 126 valence electrons. The lowest BCUT2D eigenvalue weighted by molar-refractivity contribution is -0.384. The SMILES string of the molecule is CCOC(=O)C(=C1OC(=O)c2ccccc21)c1ccc([N+](=O)[O-])cc1. The quantitative estimate of drug-likeness (QED) is 0.367. The second kappa shape index (κ2) is 6.56. The van der Waals surface area contributed by atoms with Crippen molar-refractivity contribution in [3.63, 3.8) is 0 Å². The number of ether oxygens (including phenoxy) is 2. The minimum absolute atomic E-state index is 0.0510. The van der Waals surface area contributed by atoms with Gasteiger partial charge in [-0.3, -0.25) is 10.1 Å². The van der Waals surface area contributed by atoms with Crippen LogP contribution in [-0.2, 0) is 14.3 Å². The summed E-state index contributed by atoms with van der Waals surface area (Å²) in [6, 6.07) is 12.1. The molecule has 7 heteroatoms. The van der Waals surface area contributed by atoms with E-state index in [1.165, 1.54) is 24.3 Å². The average molecular weight is 339 g/mol. The number of benzene rings is 2. The second-order valence-corrected chi connectivity index (χ2v) is 5.16. The highest BCUT2D eigenvalue weighted by Crippen LogP contribution is 2.36. The lowest BCUT2D eigenvalue weighted by Crippen LogP contribution is -2.09. The van der Waals surface area contributed by atoms with Gasteiger partial charge in [-0.05, 0) is 30.7 Å². The summed E-state index contributed by atoms with van der Waals surface area (Å²) in [6.07, 6.45) is 0. The number of nitro groups is 1. The molecule has 0 saturated carbocycles. The summed E-state index contributed by atoms with van der Waals surface area (Å²) in [4.78, 5) is 34.8. The fraction of sp³-hybridized carbons (Fsp3) is 0.111. The van der Waals surface area contributed by atoms with Crippen molar-refractivity contribution in [1.82, 2.24) is 0 Å².